The fraction of sp³-hybridized carbons (Fsp3) is 0.444. The van der Waals surface area contributed by atoms with Crippen molar-refractivity contribution < 1.29 is 0 Å². The second kappa shape index (κ2) is 3.37. The Hall–Kier alpha value is -1.05. The molecule has 0 saturated carbocycles. The molecule has 0 aliphatic heterocycles. The third kappa shape index (κ3) is 1.50. The van der Waals surface area contributed by atoms with Gasteiger partial charge in [0.25, 0.3) is 0 Å². The van der Waals surface area contributed by atoms with Crippen molar-refractivity contribution in [2.45, 2.75) is 20.3 Å². The molecular formula is C9H14N2. The molecule has 1 heterocycles. The van der Waals surface area contributed by atoms with Gasteiger partial charge >= 0.3 is 0 Å². The predicted octanol–water partition coefficient (Wildman–Crippen LogP) is 2.02. The lowest BCUT2D eigenvalue weighted by Gasteiger charge is -1.97. The summed E-state index contributed by atoms with van der Waals surface area (Å²) in [5.41, 5.74) is 2.53. The van der Waals surface area contributed by atoms with Crippen LogP contribution in [0.25, 0.3) is 6.08 Å². The fourth-order valence-corrected chi connectivity index (χ4v) is 1.23. The van der Waals surface area contributed by atoms with Crippen molar-refractivity contribution >= 4 is 6.08 Å². The molecule has 2 nitrogen and oxygen atoms in total. The number of aromatic nitrogens is 2. The summed E-state index contributed by atoms with van der Waals surface area (Å²) < 4.78 is 1.93. The molecule has 0 aromatic carbocycles. The van der Waals surface area contributed by atoms with E-state index in [0.29, 0.717) is 0 Å². The summed E-state index contributed by atoms with van der Waals surface area (Å²) in [4.78, 5) is 0. The fourth-order valence-electron chi connectivity index (χ4n) is 1.23. The minimum Gasteiger partial charge on any atom is -0.272 e. The van der Waals surface area contributed by atoms with Crippen LogP contribution in [0.3, 0.4) is 0 Å². The summed E-state index contributed by atoms with van der Waals surface area (Å²) in [6, 6.07) is 0. The Labute approximate surface area is 67.5 Å². The van der Waals surface area contributed by atoms with E-state index in [2.05, 4.69) is 18.1 Å². The lowest BCUT2D eigenvalue weighted by Crippen LogP contribution is -1.96. The molecule has 0 bridgehead atoms. The van der Waals surface area contributed by atoms with Gasteiger partial charge in [-0.3, -0.25) is 4.68 Å². The zero-order chi connectivity index (χ0) is 8.27. The minimum atomic E-state index is 1.04. The molecule has 0 atom stereocenters. The second-order valence-corrected chi connectivity index (χ2v) is 2.52. The summed E-state index contributed by atoms with van der Waals surface area (Å²) in [7, 11) is 1.98. The van der Waals surface area contributed by atoms with Gasteiger partial charge in [0, 0.05) is 18.3 Å². The van der Waals surface area contributed by atoms with E-state index in [1.807, 2.05) is 30.9 Å². The minimum absolute atomic E-state index is 1.04. The van der Waals surface area contributed by atoms with Crippen LogP contribution in [0.5, 0.6) is 0 Å². The van der Waals surface area contributed by atoms with Gasteiger partial charge in [0.2, 0.25) is 0 Å². The van der Waals surface area contributed by atoms with E-state index < -0.39 is 0 Å². The van der Waals surface area contributed by atoms with E-state index in [0.717, 1.165) is 6.42 Å². The Morgan fingerprint density at radius 1 is 1.64 bits per heavy atom. The van der Waals surface area contributed by atoms with Crippen molar-refractivity contribution in [2.24, 2.45) is 7.05 Å². The van der Waals surface area contributed by atoms with Gasteiger partial charge in [-0.15, -0.1) is 0 Å². The molecule has 1 aromatic heterocycles. The third-order valence-electron chi connectivity index (χ3n) is 1.77. The molecule has 11 heavy (non-hydrogen) atoms. The van der Waals surface area contributed by atoms with Crippen molar-refractivity contribution in [3.8, 4) is 0 Å². The van der Waals surface area contributed by atoms with E-state index in [4.69, 9.17) is 0 Å². The zero-order valence-corrected chi connectivity index (χ0v) is 7.33. The quantitative estimate of drug-likeness (QED) is 0.630. The Morgan fingerprint density at radius 2 is 2.36 bits per heavy atom. The van der Waals surface area contributed by atoms with Gasteiger partial charge in [-0.2, -0.15) is 5.10 Å². The summed E-state index contributed by atoms with van der Waals surface area (Å²) >= 11 is 0. The van der Waals surface area contributed by atoms with Gasteiger partial charge in [-0.1, -0.05) is 19.1 Å². The first-order valence-electron chi connectivity index (χ1n) is 3.93. The van der Waals surface area contributed by atoms with Crippen LogP contribution >= 0.6 is 0 Å². The standard InChI is InChI=1S/C9H14N2/c1-4-6-8-7-10-11(3)9(8)5-2/h4,6-7H,5H2,1-3H3/b6-4-. The van der Waals surface area contributed by atoms with Gasteiger partial charge < -0.3 is 0 Å². The normalized spacial score (nSPS) is 11.2. The molecule has 2 heteroatoms. The summed E-state index contributed by atoms with van der Waals surface area (Å²) in [5, 5.41) is 4.17. The van der Waals surface area contributed by atoms with Crippen LogP contribution in [-0.2, 0) is 13.5 Å². The molecule has 0 N–H and O–H groups in total. The van der Waals surface area contributed by atoms with Crippen molar-refractivity contribution in [3.05, 3.63) is 23.5 Å². The van der Waals surface area contributed by atoms with Crippen LogP contribution in [0, 0.1) is 0 Å². The van der Waals surface area contributed by atoms with E-state index in [-0.39, 0.29) is 0 Å². The number of nitrogens with zero attached hydrogens (tertiary/aromatic N) is 2. The monoisotopic (exact) mass is 150 g/mol. The molecule has 0 saturated heterocycles. The Bertz CT molecular complexity index is 259. The van der Waals surface area contributed by atoms with Gasteiger partial charge in [-0.25, -0.2) is 0 Å². The maximum atomic E-state index is 4.17. The molecule has 0 spiro atoms. The van der Waals surface area contributed by atoms with Crippen LogP contribution < -0.4 is 0 Å². The highest BCUT2D eigenvalue weighted by Crippen LogP contribution is 2.09. The summed E-state index contributed by atoms with van der Waals surface area (Å²) in [6.07, 6.45) is 7.07. The van der Waals surface area contributed by atoms with Crippen LogP contribution in [-0.4, -0.2) is 9.78 Å². The third-order valence-corrected chi connectivity index (χ3v) is 1.77. The van der Waals surface area contributed by atoms with Gasteiger partial charge in [0.1, 0.15) is 0 Å². The van der Waals surface area contributed by atoms with Gasteiger partial charge in [0.05, 0.1) is 6.20 Å². The topological polar surface area (TPSA) is 17.8 Å². The average molecular weight is 150 g/mol. The predicted molar refractivity (Wildman–Crippen MR) is 47.3 cm³/mol. The number of aryl methyl sites for hydroxylation is 1. The highest BCUT2D eigenvalue weighted by molar-refractivity contribution is 5.50. The molecule has 0 radical (unpaired) electrons. The van der Waals surface area contributed by atoms with Gasteiger partial charge in [-0.05, 0) is 13.3 Å². The largest absolute Gasteiger partial charge is 0.272 e. The van der Waals surface area contributed by atoms with Crippen LogP contribution in [0.2, 0.25) is 0 Å². The Morgan fingerprint density at radius 3 is 2.91 bits per heavy atom. The summed E-state index contributed by atoms with van der Waals surface area (Å²) in [5.74, 6) is 0. The molecule has 0 fully saturated rings. The number of hydrogen-bond donors (Lipinski definition) is 0. The number of hydrogen-bond acceptors (Lipinski definition) is 1. The molecule has 0 amide bonds. The molecular weight excluding hydrogens is 136 g/mol. The zero-order valence-electron chi connectivity index (χ0n) is 7.33. The van der Waals surface area contributed by atoms with Crippen molar-refractivity contribution in [2.75, 3.05) is 0 Å². The molecule has 1 aromatic rings. The highest BCUT2D eigenvalue weighted by atomic mass is 15.3. The Balaban J connectivity index is 3.05. The van der Waals surface area contributed by atoms with Crippen LogP contribution in [0.15, 0.2) is 12.3 Å². The van der Waals surface area contributed by atoms with E-state index in [1.165, 1.54) is 11.3 Å². The molecule has 60 valence electrons. The lowest BCUT2D eigenvalue weighted by molar-refractivity contribution is 0.717. The molecule has 1 rings (SSSR count). The highest BCUT2D eigenvalue weighted by Gasteiger charge is 2.01. The van der Waals surface area contributed by atoms with Crippen LogP contribution in [0.4, 0.5) is 0 Å². The first kappa shape index (κ1) is 8.05. The van der Waals surface area contributed by atoms with Crippen molar-refractivity contribution in [1.82, 2.24) is 9.78 Å². The first-order valence-corrected chi connectivity index (χ1v) is 3.93. The molecule has 0 aliphatic carbocycles. The number of rotatable bonds is 2. The van der Waals surface area contributed by atoms with Crippen LogP contribution in [0.1, 0.15) is 25.1 Å². The molecule has 0 aliphatic rings. The second-order valence-electron chi connectivity index (χ2n) is 2.52. The van der Waals surface area contributed by atoms with E-state index >= 15 is 0 Å². The number of allylic oxidation sites excluding steroid dienone is 1. The van der Waals surface area contributed by atoms with Crippen molar-refractivity contribution in [3.63, 3.8) is 0 Å². The van der Waals surface area contributed by atoms with E-state index in [9.17, 15) is 0 Å². The average Bonchev–Trinajstić information content (AvgIpc) is 2.33. The van der Waals surface area contributed by atoms with E-state index in [1.54, 1.807) is 0 Å². The van der Waals surface area contributed by atoms with Gasteiger partial charge in [0.15, 0.2) is 0 Å². The molecule has 0 unspecified atom stereocenters. The maximum Gasteiger partial charge on any atom is 0.0564 e. The first-order chi connectivity index (χ1) is 5.29. The smallest absolute Gasteiger partial charge is 0.0564 e. The lowest BCUT2D eigenvalue weighted by atomic mass is 10.2. The SMILES string of the molecule is C/C=C\c1cnn(C)c1CC. The summed E-state index contributed by atoms with van der Waals surface area (Å²) in [6.45, 7) is 4.16. The van der Waals surface area contributed by atoms with Crippen molar-refractivity contribution in [1.29, 1.82) is 0 Å². The maximum absolute atomic E-state index is 4.17. The Kier molecular flexibility index (Phi) is 2.47.